The molecular formula is C58H42N2S. The van der Waals surface area contributed by atoms with Crippen LogP contribution in [0.2, 0.25) is 0 Å². The van der Waals surface area contributed by atoms with E-state index in [0.29, 0.717) is 0 Å². The normalized spacial score (nSPS) is 13.2. The van der Waals surface area contributed by atoms with Crippen molar-refractivity contribution in [2.24, 2.45) is 0 Å². The molecule has 290 valence electrons. The molecule has 0 unspecified atom stereocenters. The summed E-state index contributed by atoms with van der Waals surface area (Å²) in [4.78, 5) is 10.2. The van der Waals surface area contributed by atoms with E-state index in [-0.39, 0.29) is 0 Å². The fourth-order valence-electron chi connectivity index (χ4n) is 9.10. The highest BCUT2D eigenvalue weighted by atomic mass is 32.3. The molecule has 0 amide bonds. The van der Waals surface area contributed by atoms with E-state index in [1.54, 1.807) is 0 Å². The Hall–Kier alpha value is -7.59. The van der Waals surface area contributed by atoms with Crippen LogP contribution in [0.15, 0.2) is 274 Å². The Morgan fingerprint density at radius 3 is 1.46 bits per heavy atom. The number of benzene rings is 10. The van der Waals surface area contributed by atoms with Gasteiger partial charge in [0.1, 0.15) is 0 Å². The molecule has 0 aliphatic carbocycles. The Bertz CT molecular complexity index is 3070. The van der Waals surface area contributed by atoms with E-state index >= 15 is 0 Å². The van der Waals surface area contributed by atoms with Crippen LogP contribution in [-0.2, 0) is 0 Å². The summed E-state index contributed by atoms with van der Waals surface area (Å²) in [6, 6.07) is 93.2. The number of fused-ring (bicyclic) bond motifs is 3. The molecule has 0 radical (unpaired) electrons. The zero-order valence-corrected chi connectivity index (χ0v) is 34.4. The van der Waals surface area contributed by atoms with Gasteiger partial charge < -0.3 is 9.80 Å². The largest absolute Gasteiger partial charge is 0.310 e. The second kappa shape index (κ2) is 15.5. The molecule has 0 saturated carbocycles. The van der Waals surface area contributed by atoms with Crippen molar-refractivity contribution in [1.29, 1.82) is 0 Å². The maximum Gasteiger partial charge on any atom is 0.0598 e. The van der Waals surface area contributed by atoms with Crippen molar-refractivity contribution in [3.8, 4) is 22.3 Å². The summed E-state index contributed by atoms with van der Waals surface area (Å²) in [5, 5.41) is 2.42. The van der Waals surface area contributed by atoms with Crippen molar-refractivity contribution in [3.05, 3.63) is 255 Å². The Labute approximate surface area is 359 Å². The standard InChI is InChI=1S/C58H42N2S/c1-5-18-43(19-6-1)44-32-37-49(38-33-44)59(54-30-17-21-46-20-13-14-28-53(46)54)50-39-34-45(35-40-50)47-36-41-58-56(42-47)60(48-22-7-2-8-23-48)55-29-15-16-31-57(55)61(58,51-24-9-3-10-25-51)52-26-11-4-12-27-52/h1-42H. The fourth-order valence-corrected chi connectivity index (χ4v) is 13.2. The summed E-state index contributed by atoms with van der Waals surface area (Å²) in [6.45, 7) is 0. The van der Waals surface area contributed by atoms with Gasteiger partial charge in [-0.15, -0.1) is 10.0 Å². The molecule has 1 heterocycles. The molecule has 0 fully saturated rings. The van der Waals surface area contributed by atoms with Gasteiger partial charge in [0.25, 0.3) is 0 Å². The average Bonchev–Trinajstić information content (AvgIpc) is 3.35. The first-order valence-electron chi connectivity index (χ1n) is 20.8. The third kappa shape index (κ3) is 6.30. The summed E-state index contributed by atoms with van der Waals surface area (Å²) in [5.41, 5.74) is 11.6. The molecular weight excluding hydrogens is 757 g/mol. The SMILES string of the molecule is c1ccc(-c2ccc(N(c3ccc(-c4ccc5c(c4)N(c4ccccc4)c4ccccc4S5(c4ccccc4)c4ccccc4)cc3)c3cccc4ccccc34)cc2)cc1. The van der Waals surface area contributed by atoms with E-state index in [2.05, 4.69) is 265 Å². The summed E-state index contributed by atoms with van der Waals surface area (Å²) in [7, 11) is -1.88. The number of rotatable bonds is 8. The maximum atomic E-state index is 2.47. The Balaban J connectivity index is 1.07. The van der Waals surface area contributed by atoms with Crippen LogP contribution in [0.3, 0.4) is 0 Å². The lowest BCUT2D eigenvalue weighted by molar-refractivity contribution is 1.12. The van der Waals surface area contributed by atoms with Crippen molar-refractivity contribution in [3.63, 3.8) is 0 Å². The first-order chi connectivity index (χ1) is 30.3. The van der Waals surface area contributed by atoms with Crippen LogP contribution in [0.25, 0.3) is 33.0 Å². The van der Waals surface area contributed by atoms with Crippen molar-refractivity contribution < 1.29 is 0 Å². The second-order valence-electron chi connectivity index (χ2n) is 15.4. The predicted octanol–water partition coefficient (Wildman–Crippen LogP) is 16.8. The van der Waals surface area contributed by atoms with Gasteiger partial charge in [0.15, 0.2) is 0 Å². The first-order valence-corrected chi connectivity index (χ1v) is 22.5. The molecule has 1 aliphatic heterocycles. The highest BCUT2D eigenvalue weighted by Crippen LogP contribution is 2.79. The molecule has 3 heteroatoms. The predicted molar refractivity (Wildman–Crippen MR) is 258 cm³/mol. The van der Waals surface area contributed by atoms with Gasteiger partial charge in [-0.05, 0) is 119 Å². The van der Waals surface area contributed by atoms with Gasteiger partial charge in [-0.1, -0.05) is 164 Å². The van der Waals surface area contributed by atoms with Crippen molar-refractivity contribution >= 4 is 54.9 Å². The molecule has 11 rings (SSSR count). The van der Waals surface area contributed by atoms with Crippen LogP contribution in [0.4, 0.5) is 34.1 Å². The fraction of sp³-hybridized carbons (Fsp3) is 0. The molecule has 0 aromatic heterocycles. The van der Waals surface area contributed by atoms with E-state index in [1.165, 1.54) is 58.4 Å². The van der Waals surface area contributed by atoms with Crippen LogP contribution in [0.1, 0.15) is 0 Å². The van der Waals surface area contributed by atoms with Gasteiger partial charge >= 0.3 is 0 Å². The Morgan fingerprint density at radius 2 is 0.803 bits per heavy atom. The number of hydrogen-bond donors (Lipinski definition) is 0. The van der Waals surface area contributed by atoms with Crippen LogP contribution in [0, 0.1) is 0 Å². The van der Waals surface area contributed by atoms with Crippen LogP contribution in [-0.4, -0.2) is 0 Å². The summed E-state index contributed by atoms with van der Waals surface area (Å²) < 4.78 is 0. The number of anilines is 6. The van der Waals surface area contributed by atoms with E-state index in [4.69, 9.17) is 0 Å². The highest BCUT2D eigenvalue weighted by Gasteiger charge is 2.42. The minimum atomic E-state index is -1.88. The van der Waals surface area contributed by atoms with Gasteiger partial charge in [0.2, 0.25) is 0 Å². The molecule has 0 saturated heterocycles. The molecule has 61 heavy (non-hydrogen) atoms. The lowest BCUT2D eigenvalue weighted by Gasteiger charge is -2.50. The van der Waals surface area contributed by atoms with E-state index in [9.17, 15) is 0 Å². The first kappa shape index (κ1) is 36.5. The minimum Gasteiger partial charge on any atom is -0.310 e. The molecule has 2 nitrogen and oxygen atoms in total. The topological polar surface area (TPSA) is 6.48 Å². The van der Waals surface area contributed by atoms with E-state index in [0.717, 1.165) is 28.3 Å². The van der Waals surface area contributed by atoms with Gasteiger partial charge in [-0.3, -0.25) is 0 Å². The van der Waals surface area contributed by atoms with Gasteiger partial charge in [0, 0.05) is 42.0 Å². The molecule has 1 aliphatic rings. The summed E-state index contributed by atoms with van der Waals surface area (Å²) in [6.07, 6.45) is 0. The number of nitrogens with zero attached hydrogens (tertiary/aromatic N) is 2. The van der Waals surface area contributed by atoms with Crippen molar-refractivity contribution in [2.75, 3.05) is 9.80 Å². The Kier molecular flexibility index (Phi) is 9.30. The molecule has 0 spiro atoms. The smallest absolute Gasteiger partial charge is 0.0598 e. The van der Waals surface area contributed by atoms with Crippen LogP contribution >= 0.6 is 10.0 Å². The van der Waals surface area contributed by atoms with Crippen molar-refractivity contribution in [2.45, 2.75) is 19.6 Å². The molecule has 0 bridgehead atoms. The summed E-state index contributed by atoms with van der Waals surface area (Å²) in [5.74, 6) is 0. The molecule has 10 aromatic carbocycles. The van der Waals surface area contributed by atoms with Crippen LogP contribution in [0.5, 0.6) is 0 Å². The van der Waals surface area contributed by atoms with E-state index in [1.807, 2.05) is 0 Å². The maximum absolute atomic E-state index is 2.47. The molecule has 10 aromatic rings. The van der Waals surface area contributed by atoms with E-state index < -0.39 is 10.0 Å². The number of para-hydroxylation sites is 2. The summed E-state index contributed by atoms with van der Waals surface area (Å²) >= 11 is 0. The second-order valence-corrected chi connectivity index (χ2v) is 18.4. The number of hydrogen-bond acceptors (Lipinski definition) is 2. The van der Waals surface area contributed by atoms with Gasteiger partial charge in [-0.25, -0.2) is 0 Å². The van der Waals surface area contributed by atoms with Crippen LogP contribution < -0.4 is 9.80 Å². The van der Waals surface area contributed by atoms with Gasteiger partial charge in [-0.2, -0.15) is 0 Å². The molecule has 0 atom stereocenters. The third-order valence-corrected chi connectivity index (χ3v) is 15.8. The van der Waals surface area contributed by atoms with Crippen molar-refractivity contribution in [1.82, 2.24) is 0 Å². The lowest BCUT2D eigenvalue weighted by atomic mass is 10.0. The minimum absolute atomic E-state index is 1.10. The highest BCUT2D eigenvalue weighted by molar-refractivity contribution is 8.34. The Morgan fingerprint density at radius 1 is 0.328 bits per heavy atom. The average molecular weight is 799 g/mol. The molecule has 0 N–H and O–H groups in total. The lowest BCUT2D eigenvalue weighted by Crippen LogP contribution is -2.21. The zero-order chi connectivity index (χ0) is 40.6. The monoisotopic (exact) mass is 798 g/mol. The third-order valence-electron chi connectivity index (χ3n) is 11.9. The zero-order valence-electron chi connectivity index (χ0n) is 33.6. The quantitative estimate of drug-likeness (QED) is 0.151. The van der Waals surface area contributed by atoms with Gasteiger partial charge in [0.05, 0.1) is 17.1 Å².